The standard InChI is InChI=1S/C19H25BrN2O4/c1-5-6-7-14-16(18(23)26-11(2)3)17(22-19(24)21-14)13-10-12(20)8-9-15(13)25-4/h8-11,17H,5-7H2,1-4H3,(H2,21,22,24). The van der Waals surface area contributed by atoms with E-state index in [9.17, 15) is 9.59 Å². The molecule has 1 aliphatic rings. The van der Waals surface area contributed by atoms with Gasteiger partial charge in [0.2, 0.25) is 0 Å². The van der Waals surface area contributed by atoms with Gasteiger partial charge in [0.05, 0.1) is 24.8 Å². The highest BCUT2D eigenvalue weighted by Crippen LogP contribution is 2.36. The molecule has 0 saturated carbocycles. The van der Waals surface area contributed by atoms with Crippen molar-refractivity contribution in [3.8, 4) is 5.75 Å². The Labute approximate surface area is 162 Å². The summed E-state index contributed by atoms with van der Waals surface area (Å²) in [6.45, 7) is 5.66. The number of amides is 2. The van der Waals surface area contributed by atoms with Crippen LogP contribution in [0.25, 0.3) is 0 Å². The van der Waals surface area contributed by atoms with Crippen LogP contribution in [-0.2, 0) is 9.53 Å². The molecule has 2 rings (SSSR count). The second-order valence-electron chi connectivity index (χ2n) is 6.37. The van der Waals surface area contributed by atoms with Crippen molar-refractivity contribution >= 4 is 27.9 Å². The first-order valence-electron chi connectivity index (χ1n) is 8.72. The molecule has 1 atom stereocenters. The van der Waals surface area contributed by atoms with Gasteiger partial charge in [-0.05, 0) is 44.9 Å². The molecule has 0 spiro atoms. The summed E-state index contributed by atoms with van der Waals surface area (Å²) in [5.74, 6) is 0.149. The van der Waals surface area contributed by atoms with E-state index in [1.54, 1.807) is 27.0 Å². The first kappa shape index (κ1) is 20.3. The Kier molecular flexibility index (Phi) is 7.08. The number of halogens is 1. The first-order chi connectivity index (χ1) is 12.4. The van der Waals surface area contributed by atoms with Crippen molar-refractivity contribution in [3.63, 3.8) is 0 Å². The van der Waals surface area contributed by atoms with E-state index < -0.39 is 12.0 Å². The summed E-state index contributed by atoms with van der Waals surface area (Å²) in [6.07, 6.45) is 2.14. The van der Waals surface area contributed by atoms with Crippen molar-refractivity contribution in [1.29, 1.82) is 0 Å². The van der Waals surface area contributed by atoms with Crippen molar-refractivity contribution in [2.45, 2.75) is 52.2 Å². The maximum atomic E-state index is 12.8. The third kappa shape index (κ3) is 4.78. The maximum Gasteiger partial charge on any atom is 0.338 e. The molecular weight excluding hydrogens is 400 g/mol. The highest BCUT2D eigenvalue weighted by Gasteiger charge is 2.35. The Bertz CT molecular complexity index is 715. The number of benzene rings is 1. The Hall–Kier alpha value is -2.02. The van der Waals surface area contributed by atoms with Gasteiger partial charge in [-0.15, -0.1) is 0 Å². The molecule has 1 unspecified atom stereocenters. The van der Waals surface area contributed by atoms with Crippen LogP contribution in [0.1, 0.15) is 51.6 Å². The molecule has 0 aromatic heterocycles. The molecule has 0 radical (unpaired) electrons. The number of urea groups is 1. The smallest absolute Gasteiger partial charge is 0.338 e. The zero-order valence-corrected chi connectivity index (χ0v) is 17.1. The number of hydrogen-bond donors (Lipinski definition) is 2. The molecule has 0 aliphatic carbocycles. The van der Waals surface area contributed by atoms with Gasteiger partial charge in [-0.1, -0.05) is 29.3 Å². The van der Waals surface area contributed by atoms with Crippen molar-refractivity contribution in [2.24, 2.45) is 0 Å². The molecule has 0 saturated heterocycles. The molecule has 0 bridgehead atoms. The van der Waals surface area contributed by atoms with E-state index in [1.165, 1.54) is 0 Å². The third-order valence-corrected chi connectivity index (χ3v) is 4.49. The van der Waals surface area contributed by atoms with Crippen LogP contribution in [0.5, 0.6) is 5.75 Å². The summed E-state index contributed by atoms with van der Waals surface area (Å²) in [6, 6.07) is 4.50. The average Bonchev–Trinajstić information content (AvgIpc) is 2.58. The van der Waals surface area contributed by atoms with E-state index in [0.717, 1.165) is 17.3 Å². The van der Waals surface area contributed by atoms with Gasteiger partial charge in [0.15, 0.2) is 0 Å². The van der Waals surface area contributed by atoms with Gasteiger partial charge in [0, 0.05) is 15.7 Å². The van der Waals surface area contributed by atoms with Crippen LogP contribution < -0.4 is 15.4 Å². The fourth-order valence-electron chi connectivity index (χ4n) is 2.85. The number of ether oxygens (including phenoxy) is 2. The Morgan fingerprint density at radius 3 is 2.69 bits per heavy atom. The van der Waals surface area contributed by atoms with Gasteiger partial charge in [0.1, 0.15) is 5.75 Å². The van der Waals surface area contributed by atoms with Crippen molar-refractivity contribution in [2.75, 3.05) is 7.11 Å². The summed E-state index contributed by atoms with van der Waals surface area (Å²) in [4.78, 5) is 25.1. The van der Waals surface area contributed by atoms with Crippen LogP contribution in [0, 0.1) is 0 Å². The molecule has 2 N–H and O–H groups in total. The molecule has 142 valence electrons. The van der Waals surface area contributed by atoms with Crippen LogP contribution in [0.4, 0.5) is 4.79 Å². The van der Waals surface area contributed by atoms with Crippen LogP contribution in [0.15, 0.2) is 33.9 Å². The molecule has 1 aliphatic heterocycles. The normalized spacial score (nSPS) is 17.0. The van der Waals surface area contributed by atoms with Gasteiger partial charge in [-0.2, -0.15) is 0 Å². The van der Waals surface area contributed by atoms with Gasteiger partial charge in [-0.3, -0.25) is 0 Å². The SMILES string of the molecule is CCCCC1=C(C(=O)OC(C)C)C(c2cc(Br)ccc2OC)NC(=O)N1. The topological polar surface area (TPSA) is 76.7 Å². The second kappa shape index (κ2) is 9.07. The Morgan fingerprint density at radius 2 is 2.08 bits per heavy atom. The van der Waals surface area contributed by atoms with Crippen LogP contribution in [0.3, 0.4) is 0 Å². The predicted octanol–water partition coefficient (Wildman–Crippen LogP) is 4.21. The number of methoxy groups -OCH3 is 1. The van der Waals surface area contributed by atoms with E-state index in [2.05, 4.69) is 33.5 Å². The number of carbonyl (C=O) groups excluding carboxylic acids is 2. The van der Waals surface area contributed by atoms with Crippen LogP contribution >= 0.6 is 15.9 Å². The minimum absolute atomic E-state index is 0.259. The van der Waals surface area contributed by atoms with Gasteiger partial charge in [-0.25, -0.2) is 9.59 Å². The van der Waals surface area contributed by atoms with Crippen molar-refractivity contribution in [1.82, 2.24) is 10.6 Å². The molecule has 26 heavy (non-hydrogen) atoms. The van der Waals surface area contributed by atoms with Crippen LogP contribution in [-0.4, -0.2) is 25.2 Å². The lowest BCUT2D eigenvalue weighted by Gasteiger charge is -2.30. The van der Waals surface area contributed by atoms with E-state index in [-0.39, 0.29) is 12.1 Å². The Morgan fingerprint density at radius 1 is 1.35 bits per heavy atom. The summed E-state index contributed by atoms with van der Waals surface area (Å²) in [7, 11) is 1.56. The average molecular weight is 425 g/mol. The minimum Gasteiger partial charge on any atom is -0.496 e. The van der Waals surface area contributed by atoms with E-state index in [1.807, 2.05) is 12.1 Å². The lowest BCUT2D eigenvalue weighted by molar-refractivity contribution is -0.143. The highest BCUT2D eigenvalue weighted by molar-refractivity contribution is 9.10. The molecule has 7 heteroatoms. The van der Waals surface area contributed by atoms with E-state index in [4.69, 9.17) is 9.47 Å². The predicted molar refractivity (Wildman–Crippen MR) is 103 cm³/mol. The molecular formula is C19H25BrN2O4. The van der Waals surface area contributed by atoms with Crippen LogP contribution in [0.2, 0.25) is 0 Å². The summed E-state index contributed by atoms with van der Waals surface area (Å²) in [5, 5.41) is 5.62. The summed E-state index contributed by atoms with van der Waals surface area (Å²) >= 11 is 3.45. The number of allylic oxidation sites excluding steroid dienone is 1. The molecule has 0 fully saturated rings. The highest BCUT2D eigenvalue weighted by atomic mass is 79.9. The molecule has 1 heterocycles. The van der Waals surface area contributed by atoms with E-state index >= 15 is 0 Å². The second-order valence-corrected chi connectivity index (χ2v) is 7.28. The summed E-state index contributed by atoms with van der Waals surface area (Å²) in [5.41, 5.74) is 1.72. The fraction of sp³-hybridized carbons (Fsp3) is 0.474. The fourth-order valence-corrected chi connectivity index (χ4v) is 3.23. The number of carbonyl (C=O) groups is 2. The maximum absolute atomic E-state index is 12.8. The van der Waals surface area contributed by atoms with Gasteiger partial charge in [0.25, 0.3) is 0 Å². The number of unbranched alkanes of at least 4 members (excludes halogenated alkanes) is 1. The summed E-state index contributed by atoms with van der Waals surface area (Å²) < 4.78 is 11.7. The molecule has 1 aromatic carbocycles. The monoisotopic (exact) mass is 424 g/mol. The Balaban J connectivity index is 2.57. The largest absolute Gasteiger partial charge is 0.496 e. The molecule has 1 aromatic rings. The lowest BCUT2D eigenvalue weighted by atomic mass is 9.93. The van der Waals surface area contributed by atoms with Crippen molar-refractivity contribution in [3.05, 3.63) is 39.5 Å². The number of hydrogen-bond acceptors (Lipinski definition) is 4. The molecule has 2 amide bonds. The first-order valence-corrected chi connectivity index (χ1v) is 9.51. The third-order valence-electron chi connectivity index (χ3n) is 4.00. The van der Waals surface area contributed by atoms with Gasteiger partial charge < -0.3 is 20.1 Å². The van der Waals surface area contributed by atoms with E-state index in [0.29, 0.717) is 29.0 Å². The molecule has 6 nitrogen and oxygen atoms in total. The zero-order chi connectivity index (χ0) is 19.3. The quantitative estimate of drug-likeness (QED) is 0.642. The number of nitrogens with one attached hydrogen (secondary N) is 2. The number of esters is 1. The van der Waals surface area contributed by atoms with Gasteiger partial charge >= 0.3 is 12.0 Å². The minimum atomic E-state index is -0.644. The number of rotatable bonds is 7. The van der Waals surface area contributed by atoms with Crippen molar-refractivity contribution < 1.29 is 19.1 Å². The zero-order valence-electron chi connectivity index (χ0n) is 15.5. The lowest BCUT2D eigenvalue weighted by Crippen LogP contribution is -2.46.